The fraction of sp³-hybridized carbons (Fsp3) is 1.00. The molecule has 3 atom stereocenters. The van der Waals surface area contributed by atoms with Gasteiger partial charge in [0.15, 0.2) is 0 Å². The SMILES string of the molecule is CCC1CCC(N)C(CN(CCOC)C2CC2)C1. The Morgan fingerprint density at radius 1 is 1.22 bits per heavy atom. The molecular formula is C15H30N2O. The normalized spacial score (nSPS) is 33.0. The van der Waals surface area contributed by atoms with E-state index in [-0.39, 0.29) is 0 Å². The first-order valence-electron chi connectivity index (χ1n) is 7.73. The second-order valence-corrected chi connectivity index (χ2v) is 6.23. The maximum absolute atomic E-state index is 6.34. The summed E-state index contributed by atoms with van der Waals surface area (Å²) in [5.41, 5.74) is 6.34. The molecule has 0 aromatic carbocycles. The Kier molecular flexibility index (Phi) is 5.46. The van der Waals surface area contributed by atoms with Crippen LogP contribution < -0.4 is 5.73 Å². The third kappa shape index (κ3) is 3.94. The summed E-state index contributed by atoms with van der Waals surface area (Å²) in [6.45, 7) is 5.46. The monoisotopic (exact) mass is 254 g/mol. The van der Waals surface area contributed by atoms with E-state index in [0.717, 1.165) is 25.1 Å². The average molecular weight is 254 g/mol. The molecule has 0 heterocycles. The molecule has 3 unspecified atom stereocenters. The van der Waals surface area contributed by atoms with Gasteiger partial charge in [-0.25, -0.2) is 0 Å². The van der Waals surface area contributed by atoms with Gasteiger partial charge in [0.2, 0.25) is 0 Å². The van der Waals surface area contributed by atoms with E-state index < -0.39 is 0 Å². The maximum Gasteiger partial charge on any atom is 0.0589 e. The molecule has 18 heavy (non-hydrogen) atoms. The van der Waals surface area contributed by atoms with Gasteiger partial charge in [0.1, 0.15) is 0 Å². The Bertz CT molecular complexity index is 243. The van der Waals surface area contributed by atoms with Crippen LogP contribution in [0.3, 0.4) is 0 Å². The highest BCUT2D eigenvalue weighted by Gasteiger charge is 2.34. The van der Waals surface area contributed by atoms with Gasteiger partial charge in [0.25, 0.3) is 0 Å². The Morgan fingerprint density at radius 3 is 2.61 bits per heavy atom. The van der Waals surface area contributed by atoms with Gasteiger partial charge in [-0.05, 0) is 43.9 Å². The molecule has 0 bridgehead atoms. The van der Waals surface area contributed by atoms with Gasteiger partial charge in [0, 0.05) is 32.3 Å². The van der Waals surface area contributed by atoms with Crippen molar-refractivity contribution in [2.24, 2.45) is 17.6 Å². The largest absolute Gasteiger partial charge is 0.383 e. The molecule has 2 N–H and O–H groups in total. The molecule has 2 rings (SSSR count). The highest BCUT2D eigenvalue weighted by atomic mass is 16.5. The molecule has 2 aliphatic carbocycles. The number of nitrogens with zero attached hydrogens (tertiary/aromatic N) is 1. The number of nitrogens with two attached hydrogens (primary N) is 1. The molecule has 2 saturated carbocycles. The Morgan fingerprint density at radius 2 is 2.00 bits per heavy atom. The zero-order valence-corrected chi connectivity index (χ0v) is 12.1. The molecule has 0 aromatic heterocycles. The number of rotatable bonds is 7. The van der Waals surface area contributed by atoms with Crippen molar-refractivity contribution < 1.29 is 4.74 Å². The smallest absolute Gasteiger partial charge is 0.0589 e. The van der Waals surface area contributed by atoms with E-state index in [0.29, 0.717) is 12.0 Å². The summed E-state index contributed by atoms with van der Waals surface area (Å²) in [6.07, 6.45) is 7.99. The summed E-state index contributed by atoms with van der Waals surface area (Å²) in [5, 5.41) is 0. The van der Waals surface area contributed by atoms with Crippen molar-refractivity contribution in [2.75, 3.05) is 26.8 Å². The van der Waals surface area contributed by atoms with Gasteiger partial charge >= 0.3 is 0 Å². The van der Waals surface area contributed by atoms with E-state index in [4.69, 9.17) is 10.5 Å². The van der Waals surface area contributed by atoms with E-state index in [1.807, 2.05) is 0 Å². The standard InChI is InChI=1S/C15H30N2O/c1-3-12-4-7-15(16)13(10-12)11-17(8-9-18-2)14-5-6-14/h12-15H,3-11,16H2,1-2H3. The van der Waals surface area contributed by atoms with E-state index in [9.17, 15) is 0 Å². The fourth-order valence-electron chi connectivity index (χ4n) is 3.34. The minimum Gasteiger partial charge on any atom is -0.383 e. The fourth-order valence-corrected chi connectivity index (χ4v) is 3.34. The summed E-state index contributed by atoms with van der Waals surface area (Å²) >= 11 is 0. The Labute approximate surface area is 112 Å². The first-order valence-corrected chi connectivity index (χ1v) is 7.73. The van der Waals surface area contributed by atoms with Crippen LogP contribution >= 0.6 is 0 Å². The van der Waals surface area contributed by atoms with E-state index in [1.54, 1.807) is 7.11 Å². The lowest BCUT2D eigenvalue weighted by Gasteiger charge is -2.37. The first-order chi connectivity index (χ1) is 8.74. The molecule has 0 amide bonds. The number of hydrogen-bond donors (Lipinski definition) is 1. The lowest BCUT2D eigenvalue weighted by atomic mass is 9.77. The van der Waals surface area contributed by atoms with Crippen molar-refractivity contribution in [3.8, 4) is 0 Å². The van der Waals surface area contributed by atoms with Crippen LogP contribution in [0.2, 0.25) is 0 Å². The van der Waals surface area contributed by atoms with Gasteiger partial charge in [-0.3, -0.25) is 4.90 Å². The topological polar surface area (TPSA) is 38.5 Å². The van der Waals surface area contributed by atoms with Gasteiger partial charge in [-0.2, -0.15) is 0 Å². The van der Waals surface area contributed by atoms with Crippen molar-refractivity contribution in [1.29, 1.82) is 0 Å². The van der Waals surface area contributed by atoms with E-state index in [2.05, 4.69) is 11.8 Å². The van der Waals surface area contributed by atoms with Crippen molar-refractivity contribution in [2.45, 2.75) is 57.5 Å². The summed E-state index contributed by atoms with van der Waals surface area (Å²) in [4.78, 5) is 2.63. The summed E-state index contributed by atoms with van der Waals surface area (Å²) in [5.74, 6) is 1.62. The molecule has 106 valence electrons. The summed E-state index contributed by atoms with van der Waals surface area (Å²) in [7, 11) is 1.80. The lowest BCUT2D eigenvalue weighted by Crippen LogP contribution is -2.44. The molecule has 3 nitrogen and oxygen atoms in total. The van der Waals surface area contributed by atoms with Crippen LogP contribution in [0.15, 0.2) is 0 Å². The third-order valence-corrected chi connectivity index (χ3v) is 4.84. The quantitative estimate of drug-likeness (QED) is 0.757. The summed E-state index contributed by atoms with van der Waals surface area (Å²) < 4.78 is 5.24. The summed E-state index contributed by atoms with van der Waals surface area (Å²) in [6, 6.07) is 1.26. The van der Waals surface area contributed by atoms with Crippen LogP contribution in [0.1, 0.15) is 45.4 Å². The number of hydrogen-bond acceptors (Lipinski definition) is 3. The molecule has 2 aliphatic rings. The number of ether oxygens (including phenoxy) is 1. The molecule has 0 aliphatic heterocycles. The van der Waals surface area contributed by atoms with Crippen molar-refractivity contribution >= 4 is 0 Å². The zero-order valence-electron chi connectivity index (χ0n) is 12.1. The first kappa shape index (κ1) is 14.3. The number of methoxy groups -OCH3 is 1. The van der Waals surface area contributed by atoms with E-state index in [1.165, 1.54) is 45.1 Å². The highest BCUT2D eigenvalue weighted by molar-refractivity contribution is 4.90. The highest BCUT2D eigenvalue weighted by Crippen LogP contribution is 2.34. The molecule has 0 aromatic rings. The van der Waals surface area contributed by atoms with Crippen molar-refractivity contribution in [1.82, 2.24) is 4.90 Å². The van der Waals surface area contributed by atoms with Crippen LogP contribution in [0.5, 0.6) is 0 Å². The van der Waals surface area contributed by atoms with Gasteiger partial charge in [-0.15, -0.1) is 0 Å². The second-order valence-electron chi connectivity index (χ2n) is 6.23. The molecular weight excluding hydrogens is 224 g/mol. The third-order valence-electron chi connectivity index (χ3n) is 4.84. The van der Waals surface area contributed by atoms with Crippen LogP contribution in [-0.4, -0.2) is 43.8 Å². The molecule has 2 fully saturated rings. The average Bonchev–Trinajstić information content (AvgIpc) is 3.21. The van der Waals surface area contributed by atoms with Crippen LogP contribution in [0.25, 0.3) is 0 Å². The van der Waals surface area contributed by atoms with Gasteiger partial charge < -0.3 is 10.5 Å². The molecule has 0 radical (unpaired) electrons. The minimum atomic E-state index is 0.427. The molecule has 3 heteroatoms. The Balaban J connectivity index is 1.83. The Hall–Kier alpha value is -0.120. The predicted octanol–water partition coefficient (Wildman–Crippen LogP) is 2.25. The lowest BCUT2D eigenvalue weighted by molar-refractivity contribution is 0.109. The van der Waals surface area contributed by atoms with Crippen LogP contribution in [0, 0.1) is 11.8 Å². The van der Waals surface area contributed by atoms with E-state index >= 15 is 0 Å². The predicted molar refractivity (Wildman–Crippen MR) is 75.6 cm³/mol. The maximum atomic E-state index is 6.34. The van der Waals surface area contributed by atoms with Gasteiger partial charge in [0.05, 0.1) is 6.61 Å². The minimum absolute atomic E-state index is 0.427. The van der Waals surface area contributed by atoms with Crippen molar-refractivity contribution in [3.63, 3.8) is 0 Å². The van der Waals surface area contributed by atoms with Crippen LogP contribution in [-0.2, 0) is 4.74 Å². The molecule has 0 spiro atoms. The van der Waals surface area contributed by atoms with Gasteiger partial charge in [-0.1, -0.05) is 13.3 Å². The second kappa shape index (κ2) is 6.88. The van der Waals surface area contributed by atoms with Crippen LogP contribution in [0.4, 0.5) is 0 Å². The molecule has 0 saturated heterocycles. The zero-order chi connectivity index (χ0) is 13.0. The van der Waals surface area contributed by atoms with Crippen molar-refractivity contribution in [3.05, 3.63) is 0 Å².